The molecule has 3 rings (SSSR count). The molecule has 0 aliphatic carbocycles. The number of nitrogens with one attached hydrogen (secondary N) is 1. The first-order valence-corrected chi connectivity index (χ1v) is 5.12. The summed E-state index contributed by atoms with van der Waals surface area (Å²) in [5, 5.41) is 29.8. The third-order valence-electron chi connectivity index (χ3n) is 2.58. The third-order valence-corrected chi connectivity index (χ3v) is 2.58. The molecule has 0 aromatic carbocycles. The van der Waals surface area contributed by atoms with E-state index in [4.69, 9.17) is 5.26 Å². The van der Waals surface area contributed by atoms with Gasteiger partial charge in [-0.25, -0.2) is 9.50 Å². The Morgan fingerprint density at radius 3 is 3.00 bits per heavy atom. The van der Waals surface area contributed by atoms with E-state index in [0.717, 1.165) is 6.20 Å². The number of aromatic nitrogens is 5. The summed E-state index contributed by atoms with van der Waals surface area (Å²) in [5.41, 5.74) is 1.30. The Morgan fingerprint density at radius 1 is 1.42 bits per heavy atom. The molecule has 0 amide bonds. The number of H-pyrrole nitrogens is 1. The van der Waals surface area contributed by atoms with E-state index in [0.29, 0.717) is 16.8 Å². The normalized spacial score (nSPS) is 10.5. The topological polar surface area (TPSA) is 126 Å². The van der Waals surface area contributed by atoms with Crippen LogP contribution in [-0.4, -0.2) is 29.7 Å². The Balaban J connectivity index is 2.19. The summed E-state index contributed by atoms with van der Waals surface area (Å²) in [6.45, 7) is 0. The molecule has 0 fully saturated rings. The largest absolute Gasteiger partial charge is 0.314 e. The maximum absolute atomic E-state index is 10.8. The maximum atomic E-state index is 10.8. The van der Waals surface area contributed by atoms with Crippen molar-refractivity contribution in [3.8, 4) is 17.3 Å². The Hall–Kier alpha value is -3.28. The second-order valence-electron chi connectivity index (χ2n) is 3.67. The van der Waals surface area contributed by atoms with Crippen LogP contribution in [0.2, 0.25) is 0 Å². The highest BCUT2D eigenvalue weighted by Crippen LogP contribution is 2.26. The lowest BCUT2D eigenvalue weighted by Crippen LogP contribution is -1.94. The predicted molar refractivity (Wildman–Crippen MR) is 61.9 cm³/mol. The standard InChI is InChI=1S/C10H5N7O2/c11-1-6-3-14-16-5-7(2-12-10(6)16)9-8(17(18)19)4-13-15-9/h2-5H,(H,13,15). The molecule has 0 bridgehead atoms. The van der Waals surface area contributed by atoms with Crippen LogP contribution in [0.25, 0.3) is 16.9 Å². The van der Waals surface area contributed by atoms with Gasteiger partial charge in [-0.3, -0.25) is 15.2 Å². The van der Waals surface area contributed by atoms with Crippen molar-refractivity contribution in [1.29, 1.82) is 5.26 Å². The molecule has 0 unspecified atom stereocenters. The fourth-order valence-corrected chi connectivity index (χ4v) is 1.71. The quantitative estimate of drug-likeness (QED) is 0.535. The van der Waals surface area contributed by atoms with Gasteiger partial charge in [0.05, 0.1) is 11.1 Å². The number of nitro groups is 1. The van der Waals surface area contributed by atoms with Crippen molar-refractivity contribution in [1.82, 2.24) is 24.8 Å². The monoisotopic (exact) mass is 255 g/mol. The lowest BCUT2D eigenvalue weighted by Gasteiger charge is -1.98. The Morgan fingerprint density at radius 2 is 2.26 bits per heavy atom. The van der Waals surface area contributed by atoms with Gasteiger partial charge in [0.15, 0.2) is 5.65 Å². The summed E-state index contributed by atoms with van der Waals surface area (Å²) in [7, 11) is 0. The number of rotatable bonds is 2. The van der Waals surface area contributed by atoms with E-state index in [1.807, 2.05) is 6.07 Å². The zero-order chi connectivity index (χ0) is 13.4. The van der Waals surface area contributed by atoms with Crippen LogP contribution in [0.1, 0.15) is 5.56 Å². The molecule has 0 aliphatic heterocycles. The highest BCUT2D eigenvalue weighted by molar-refractivity contribution is 5.69. The first-order valence-electron chi connectivity index (χ1n) is 5.12. The number of fused-ring (bicyclic) bond motifs is 1. The van der Waals surface area contributed by atoms with Crippen molar-refractivity contribution < 1.29 is 4.92 Å². The third kappa shape index (κ3) is 1.59. The second-order valence-corrected chi connectivity index (χ2v) is 3.67. The van der Waals surface area contributed by atoms with Gasteiger partial charge >= 0.3 is 5.69 Å². The van der Waals surface area contributed by atoms with E-state index in [-0.39, 0.29) is 11.4 Å². The molecule has 19 heavy (non-hydrogen) atoms. The number of nitriles is 1. The molecule has 0 atom stereocenters. The molecule has 3 aromatic rings. The molecule has 0 saturated heterocycles. The molecule has 92 valence electrons. The lowest BCUT2D eigenvalue weighted by molar-refractivity contribution is -0.384. The fraction of sp³-hybridized carbons (Fsp3) is 0. The highest BCUT2D eigenvalue weighted by Gasteiger charge is 2.19. The Kier molecular flexibility index (Phi) is 2.22. The SMILES string of the molecule is N#Cc1cnn2cc(-c3[nH]ncc3[N+](=O)[O-])cnc12. The summed E-state index contributed by atoms with van der Waals surface area (Å²) in [6, 6.07) is 1.96. The van der Waals surface area contributed by atoms with Gasteiger partial charge in [-0.1, -0.05) is 0 Å². The van der Waals surface area contributed by atoms with Gasteiger partial charge in [0, 0.05) is 18.0 Å². The minimum absolute atomic E-state index is 0.145. The van der Waals surface area contributed by atoms with Crippen LogP contribution in [0.5, 0.6) is 0 Å². The van der Waals surface area contributed by atoms with E-state index in [9.17, 15) is 10.1 Å². The predicted octanol–water partition coefficient (Wildman–Crippen LogP) is 0.899. The first-order chi connectivity index (χ1) is 9.20. The Labute approximate surface area is 105 Å². The number of hydrogen-bond acceptors (Lipinski definition) is 6. The molecule has 0 saturated carbocycles. The zero-order valence-corrected chi connectivity index (χ0v) is 9.31. The average molecular weight is 255 g/mol. The molecule has 0 spiro atoms. The van der Waals surface area contributed by atoms with Gasteiger partial charge in [-0.2, -0.15) is 15.5 Å². The van der Waals surface area contributed by atoms with E-state index < -0.39 is 4.92 Å². The van der Waals surface area contributed by atoms with Crippen LogP contribution in [0.3, 0.4) is 0 Å². The lowest BCUT2D eigenvalue weighted by atomic mass is 10.2. The highest BCUT2D eigenvalue weighted by atomic mass is 16.6. The van der Waals surface area contributed by atoms with Crippen LogP contribution in [-0.2, 0) is 0 Å². The van der Waals surface area contributed by atoms with E-state index in [1.165, 1.54) is 16.9 Å². The molecule has 3 heterocycles. The summed E-state index contributed by atoms with van der Waals surface area (Å²) in [5.74, 6) is 0. The summed E-state index contributed by atoms with van der Waals surface area (Å²) in [6.07, 6.45) is 5.48. The van der Waals surface area contributed by atoms with Gasteiger partial charge < -0.3 is 0 Å². The van der Waals surface area contributed by atoms with Crippen LogP contribution < -0.4 is 0 Å². The fourth-order valence-electron chi connectivity index (χ4n) is 1.71. The number of nitrogens with zero attached hydrogens (tertiary/aromatic N) is 6. The van der Waals surface area contributed by atoms with Gasteiger partial charge in [0.25, 0.3) is 0 Å². The average Bonchev–Trinajstić information content (AvgIpc) is 3.04. The van der Waals surface area contributed by atoms with Crippen LogP contribution in [0, 0.1) is 21.4 Å². The second kappa shape index (κ2) is 3.88. The zero-order valence-electron chi connectivity index (χ0n) is 9.31. The first kappa shape index (κ1) is 10.8. The molecule has 9 heteroatoms. The van der Waals surface area contributed by atoms with E-state index in [2.05, 4.69) is 20.3 Å². The van der Waals surface area contributed by atoms with Crippen molar-refractivity contribution in [2.75, 3.05) is 0 Å². The molecule has 1 N–H and O–H groups in total. The molecule has 0 radical (unpaired) electrons. The van der Waals surface area contributed by atoms with E-state index >= 15 is 0 Å². The van der Waals surface area contributed by atoms with Crippen molar-refractivity contribution in [2.45, 2.75) is 0 Å². The molecular formula is C10H5N7O2. The maximum Gasteiger partial charge on any atom is 0.314 e. The summed E-state index contributed by atoms with van der Waals surface area (Å²) < 4.78 is 1.39. The smallest absolute Gasteiger partial charge is 0.271 e. The van der Waals surface area contributed by atoms with E-state index in [1.54, 1.807) is 6.20 Å². The molecule has 9 nitrogen and oxygen atoms in total. The van der Waals surface area contributed by atoms with Crippen molar-refractivity contribution in [3.05, 3.63) is 40.5 Å². The van der Waals surface area contributed by atoms with Crippen LogP contribution in [0.4, 0.5) is 5.69 Å². The van der Waals surface area contributed by atoms with Gasteiger partial charge in [0.1, 0.15) is 23.5 Å². The Bertz CT molecular complexity index is 826. The minimum Gasteiger partial charge on any atom is -0.271 e. The van der Waals surface area contributed by atoms with Crippen molar-refractivity contribution >= 4 is 11.3 Å². The summed E-state index contributed by atoms with van der Waals surface area (Å²) in [4.78, 5) is 14.4. The minimum atomic E-state index is -0.535. The van der Waals surface area contributed by atoms with Crippen molar-refractivity contribution in [2.24, 2.45) is 0 Å². The van der Waals surface area contributed by atoms with Gasteiger partial charge in [0.2, 0.25) is 0 Å². The number of aromatic amines is 1. The van der Waals surface area contributed by atoms with Crippen molar-refractivity contribution in [3.63, 3.8) is 0 Å². The van der Waals surface area contributed by atoms with Gasteiger partial charge in [-0.05, 0) is 0 Å². The summed E-state index contributed by atoms with van der Waals surface area (Å²) >= 11 is 0. The van der Waals surface area contributed by atoms with Crippen LogP contribution >= 0.6 is 0 Å². The van der Waals surface area contributed by atoms with Gasteiger partial charge in [-0.15, -0.1) is 0 Å². The molecule has 0 aliphatic rings. The number of hydrogen-bond donors (Lipinski definition) is 1. The molecular weight excluding hydrogens is 250 g/mol. The molecule has 3 aromatic heterocycles. The van der Waals surface area contributed by atoms with Crippen LogP contribution in [0.15, 0.2) is 24.8 Å².